The average molecular weight is 253 g/mol. The molecule has 0 radical (unpaired) electrons. The van der Waals surface area contributed by atoms with Gasteiger partial charge in [0.05, 0.1) is 5.39 Å². The lowest BCUT2D eigenvalue weighted by Gasteiger charge is -2.05. The van der Waals surface area contributed by atoms with Crippen LogP contribution in [0.4, 0.5) is 0 Å². The number of aryl methyl sites for hydroxylation is 1. The van der Waals surface area contributed by atoms with E-state index in [0.717, 1.165) is 11.1 Å². The van der Waals surface area contributed by atoms with Crippen LogP contribution in [-0.4, -0.2) is 14.5 Å². The highest BCUT2D eigenvalue weighted by molar-refractivity contribution is 5.80. The normalized spacial score (nSPS) is 10.8. The Kier molecular flexibility index (Phi) is 2.52. The van der Waals surface area contributed by atoms with Gasteiger partial charge in [-0.05, 0) is 11.6 Å². The maximum atomic E-state index is 11.8. The molecule has 5 nitrogen and oxygen atoms in total. The second kappa shape index (κ2) is 4.20. The van der Waals surface area contributed by atoms with Crippen molar-refractivity contribution in [3.8, 4) is 11.1 Å². The Morgan fingerprint density at radius 1 is 1.11 bits per heavy atom. The first-order valence-corrected chi connectivity index (χ1v) is 5.81. The van der Waals surface area contributed by atoms with Crippen molar-refractivity contribution in [1.29, 1.82) is 0 Å². The molecule has 0 aliphatic carbocycles. The molecule has 0 amide bonds. The van der Waals surface area contributed by atoms with Gasteiger partial charge in [-0.15, -0.1) is 0 Å². The lowest BCUT2D eigenvalue weighted by atomic mass is 10.1. The highest BCUT2D eigenvalue weighted by Gasteiger charge is 2.07. The van der Waals surface area contributed by atoms with Crippen LogP contribution in [0, 0.1) is 0 Å². The first-order valence-electron chi connectivity index (χ1n) is 5.81. The minimum absolute atomic E-state index is 0.383. The molecule has 3 rings (SSSR count). The zero-order valence-corrected chi connectivity index (χ0v) is 10.3. The summed E-state index contributed by atoms with van der Waals surface area (Å²) < 4.78 is 1.32. The third-order valence-electron chi connectivity index (χ3n) is 3.06. The molecule has 0 spiro atoms. The van der Waals surface area contributed by atoms with E-state index in [0.29, 0.717) is 11.0 Å². The minimum atomic E-state index is -0.461. The van der Waals surface area contributed by atoms with Crippen molar-refractivity contribution in [1.82, 2.24) is 14.5 Å². The van der Waals surface area contributed by atoms with Crippen LogP contribution in [0.2, 0.25) is 0 Å². The standard InChI is InChI=1S/C14H11N3O2/c1-17-12-11(13(18)16-14(17)19)7-10(8-15-12)9-5-3-2-4-6-9/h2-8H,1H3,(H,16,18,19). The van der Waals surface area contributed by atoms with E-state index in [2.05, 4.69) is 9.97 Å². The Labute approximate surface area is 108 Å². The minimum Gasteiger partial charge on any atom is -0.281 e. The van der Waals surface area contributed by atoms with Crippen molar-refractivity contribution in [3.63, 3.8) is 0 Å². The van der Waals surface area contributed by atoms with E-state index in [9.17, 15) is 9.59 Å². The molecular formula is C14H11N3O2. The van der Waals surface area contributed by atoms with Crippen LogP contribution in [0.5, 0.6) is 0 Å². The van der Waals surface area contributed by atoms with Crippen LogP contribution < -0.4 is 11.2 Å². The predicted molar refractivity (Wildman–Crippen MR) is 73.0 cm³/mol. The van der Waals surface area contributed by atoms with E-state index in [1.54, 1.807) is 19.3 Å². The molecule has 19 heavy (non-hydrogen) atoms. The van der Waals surface area contributed by atoms with E-state index < -0.39 is 11.2 Å². The summed E-state index contributed by atoms with van der Waals surface area (Å²) in [5.41, 5.74) is 1.33. The molecule has 3 aromatic rings. The molecule has 1 aromatic carbocycles. The number of aromatic nitrogens is 3. The van der Waals surface area contributed by atoms with Crippen molar-refractivity contribution in [3.05, 3.63) is 63.4 Å². The summed E-state index contributed by atoms with van der Waals surface area (Å²) in [4.78, 5) is 29.8. The van der Waals surface area contributed by atoms with Gasteiger partial charge in [-0.25, -0.2) is 9.78 Å². The smallest absolute Gasteiger partial charge is 0.281 e. The van der Waals surface area contributed by atoms with Gasteiger partial charge in [-0.3, -0.25) is 14.3 Å². The predicted octanol–water partition coefficient (Wildman–Crippen LogP) is 1.29. The molecule has 0 aliphatic heterocycles. The fraction of sp³-hybridized carbons (Fsp3) is 0.0714. The van der Waals surface area contributed by atoms with Gasteiger partial charge in [0.15, 0.2) is 0 Å². The van der Waals surface area contributed by atoms with Gasteiger partial charge in [0.2, 0.25) is 0 Å². The lowest BCUT2D eigenvalue weighted by molar-refractivity contribution is 0.829. The molecule has 0 aliphatic rings. The monoisotopic (exact) mass is 253 g/mol. The van der Waals surface area contributed by atoms with E-state index in [1.807, 2.05) is 30.3 Å². The highest BCUT2D eigenvalue weighted by atomic mass is 16.2. The molecule has 94 valence electrons. The van der Waals surface area contributed by atoms with Gasteiger partial charge in [0, 0.05) is 18.8 Å². The van der Waals surface area contributed by atoms with Crippen molar-refractivity contribution in [2.24, 2.45) is 7.05 Å². The van der Waals surface area contributed by atoms with Crippen LogP contribution in [0.1, 0.15) is 0 Å². The quantitative estimate of drug-likeness (QED) is 0.710. The van der Waals surface area contributed by atoms with Gasteiger partial charge in [0.1, 0.15) is 5.65 Å². The van der Waals surface area contributed by atoms with Crippen LogP contribution in [0.15, 0.2) is 52.2 Å². The molecule has 0 saturated heterocycles. The lowest BCUT2D eigenvalue weighted by Crippen LogP contribution is -2.28. The van der Waals surface area contributed by atoms with E-state index in [1.165, 1.54) is 4.57 Å². The summed E-state index contributed by atoms with van der Waals surface area (Å²) in [6.45, 7) is 0. The summed E-state index contributed by atoms with van der Waals surface area (Å²) in [5, 5.41) is 0.406. The maximum Gasteiger partial charge on any atom is 0.329 e. The maximum absolute atomic E-state index is 11.8. The number of nitrogens with one attached hydrogen (secondary N) is 1. The fourth-order valence-electron chi connectivity index (χ4n) is 2.02. The summed E-state index contributed by atoms with van der Waals surface area (Å²) >= 11 is 0. The van der Waals surface area contributed by atoms with Crippen LogP contribution in [-0.2, 0) is 7.05 Å². The Morgan fingerprint density at radius 3 is 2.58 bits per heavy atom. The Hall–Kier alpha value is -2.69. The zero-order chi connectivity index (χ0) is 13.4. The number of rotatable bonds is 1. The van der Waals surface area contributed by atoms with E-state index in [-0.39, 0.29) is 0 Å². The summed E-state index contributed by atoms with van der Waals surface area (Å²) in [5.74, 6) is 0. The topological polar surface area (TPSA) is 67.8 Å². The number of H-pyrrole nitrogens is 1. The first-order chi connectivity index (χ1) is 9.16. The van der Waals surface area contributed by atoms with Gasteiger partial charge in [0.25, 0.3) is 5.56 Å². The van der Waals surface area contributed by atoms with E-state index >= 15 is 0 Å². The molecule has 2 heterocycles. The second-order valence-corrected chi connectivity index (χ2v) is 4.28. The zero-order valence-electron chi connectivity index (χ0n) is 10.3. The SMILES string of the molecule is Cn1c(=O)[nH]c(=O)c2cc(-c3ccccc3)cnc21. The molecule has 0 saturated carbocycles. The van der Waals surface area contributed by atoms with Crippen molar-refractivity contribution >= 4 is 11.0 Å². The van der Waals surface area contributed by atoms with Gasteiger partial charge >= 0.3 is 5.69 Å². The molecule has 1 N–H and O–H groups in total. The van der Waals surface area contributed by atoms with Crippen LogP contribution in [0.25, 0.3) is 22.2 Å². The number of hydrogen-bond donors (Lipinski definition) is 1. The number of benzene rings is 1. The number of fused-ring (bicyclic) bond motifs is 1. The largest absolute Gasteiger partial charge is 0.329 e. The molecule has 0 atom stereocenters. The molecule has 0 unspecified atom stereocenters. The Morgan fingerprint density at radius 2 is 1.84 bits per heavy atom. The third kappa shape index (κ3) is 1.85. The van der Waals surface area contributed by atoms with Gasteiger partial charge in [-0.1, -0.05) is 30.3 Å². The van der Waals surface area contributed by atoms with Crippen molar-refractivity contribution in [2.75, 3.05) is 0 Å². The second-order valence-electron chi connectivity index (χ2n) is 4.28. The van der Waals surface area contributed by atoms with Crippen LogP contribution >= 0.6 is 0 Å². The molecular weight excluding hydrogens is 242 g/mol. The highest BCUT2D eigenvalue weighted by Crippen LogP contribution is 2.19. The summed E-state index contributed by atoms with van der Waals surface area (Å²) in [6, 6.07) is 11.4. The van der Waals surface area contributed by atoms with Crippen molar-refractivity contribution < 1.29 is 0 Å². The fourth-order valence-corrected chi connectivity index (χ4v) is 2.02. The van der Waals surface area contributed by atoms with Crippen molar-refractivity contribution in [2.45, 2.75) is 0 Å². The molecule has 5 heteroatoms. The Balaban J connectivity index is 2.34. The Bertz CT molecular complexity index is 863. The number of nitrogens with zero attached hydrogens (tertiary/aromatic N) is 2. The molecule has 2 aromatic heterocycles. The summed E-state index contributed by atoms with van der Waals surface area (Å²) in [6.07, 6.45) is 1.66. The third-order valence-corrected chi connectivity index (χ3v) is 3.06. The number of aromatic amines is 1. The van der Waals surface area contributed by atoms with Crippen LogP contribution in [0.3, 0.4) is 0 Å². The van der Waals surface area contributed by atoms with E-state index in [4.69, 9.17) is 0 Å². The number of hydrogen-bond acceptors (Lipinski definition) is 3. The molecule has 0 bridgehead atoms. The van der Waals surface area contributed by atoms with Gasteiger partial charge in [-0.2, -0.15) is 0 Å². The molecule has 0 fully saturated rings. The average Bonchev–Trinajstić information content (AvgIpc) is 2.45. The number of pyridine rings is 1. The summed E-state index contributed by atoms with van der Waals surface area (Å²) in [7, 11) is 1.58. The first kappa shape index (κ1) is 11.4. The van der Waals surface area contributed by atoms with Gasteiger partial charge < -0.3 is 0 Å².